The zero-order valence-electron chi connectivity index (χ0n) is 16.9. The van der Waals surface area contributed by atoms with Gasteiger partial charge in [-0.15, -0.1) is 0 Å². The molecule has 146 valence electrons. The molecule has 1 heterocycles. The lowest BCUT2D eigenvalue weighted by Gasteiger charge is -2.13. The van der Waals surface area contributed by atoms with Crippen LogP contribution < -0.4 is 9.47 Å². The monoisotopic (exact) mass is 379 g/mol. The Morgan fingerprint density at radius 2 is 1.89 bits per heavy atom. The average molecular weight is 379 g/mol. The van der Waals surface area contributed by atoms with Gasteiger partial charge in [0.25, 0.3) is 0 Å². The summed E-state index contributed by atoms with van der Waals surface area (Å²) in [6.45, 7) is 4.38. The highest BCUT2D eigenvalue weighted by molar-refractivity contribution is 6.00. The molecule has 0 fully saturated rings. The van der Waals surface area contributed by atoms with Crippen molar-refractivity contribution in [1.29, 1.82) is 0 Å². The normalized spacial score (nSPS) is 11.5. The van der Waals surface area contributed by atoms with Crippen LogP contribution in [-0.2, 0) is 4.79 Å². The third-order valence-electron chi connectivity index (χ3n) is 4.58. The van der Waals surface area contributed by atoms with Crippen molar-refractivity contribution in [3.8, 4) is 22.6 Å². The molecular formula is C23H25NO4. The first-order chi connectivity index (χ1) is 13.4. The Bertz CT molecular complexity index is 1010. The molecule has 0 aliphatic heterocycles. The van der Waals surface area contributed by atoms with E-state index in [4.69, 9.17) is 13.9 Å². The molecule has 3 rings (SSSR count). The van der Waals surface area contributed by atoms with Crippen LogP contribution in [0.5, 0.6) is 11.5 Å². The number of rotatable bonds is 6. The van der Waals surface area contributed by atoms with E-state index in [0.29, 0.717) is 12.4 Å². The average Bonchev–Trinajstić information content (AvgIpc) is 3.10. The van der Waals surface area contributed by atoms with Crippen LogP contribution in [0.25, 0.3) is 27.7 Å². The van der Waals surface area contributed by atoms with Crippen LogP contribution in [-0.4, -0.2) is 38.6 Å². The van der Waals surface area contributed by atoms with Gasteiger partial charge < -0.3 is 18.8 Å². The van der Waals surface area contributed by atoms with Gasteiger partial charge in [-0.2, -0.15) is 0 Å². The maximum Gasteiger partial charge on any atom is 0.246 e. The molecule has 5 heteroatoms. The molecule has 0 aliphatic carbocycles. The van der Waals surface area contributed by atoms with E-state index in [2.05, 4.69) is 0 Å². The maximum absolute atomic E-state index is 12.1. The third kappa shape index (κ3) is 3.88. The van der Waals surface area contributed by atoms with Gasteiger partial charge in [-0.25, -0.2) is 0 Å². The number of allylic oxidation sites excluding steroid dienone is 1. The van der Waals surface area contributed by atoms with Gasteiger partial charge in [0, 0.05) is 42.8 Å². The third-order valence-corrected chi connectivity index (χ3v) is 4.58. The van der Waals surface area contributed by atoms with E-state index in [1.54, 1.807) is 38.4 Å². The van der Waals surface area contributed by atoms with Gasteiger partial charge in [0.1, 0.15) is 17.1 Å². The number of ether oxygens (including phenoxy) is 2. The van der Waals surface area contributed by atoms with Gasteiger partial charge in [-0.1, -0.05) is 12.1 Å². The second-order valence-corrected chi connectivity index (χ2v) is 6.72. The number of benzene rings is 2. The van der Waals surface area contributed by atoms with E-state index in [1.807, 2.05) is 50.2 Å². The van der Waals surface area contributed by atoms with Crippen molar-refractivity contribution in [2.75, 3.05) is 27.8 Å². The molecule has 0 atom stereocenters. The summed E-state index contributed by atoms with van der Waals surface area (Å²) in [6.07, 6.45) is 3.37. The summed E-state index contributed by atoms with van der Waals surface area (Å²) in [7, 11) is 5.11. The first kappa shape index (κ1) is 19.5. The van der Waals surface area contributed by atoms with E-state index < -0.39 is 0 Å². The molecule has 0 saturated carbocycles. The van der Waals surface area contributed by atoms with Crippen LogP contribution in [0.1, 0.15) is 19.4 Å². The molecule has 0 radical (unpaired) electrons. The SMILES string of the molecule is CCOc1cc2occ(-c3ccc(OC)cc3)c2cc1/C(C)=C/C(=O)N(C)C. The van der Waals surface area contributed by atoms with Crippen LogP contribution in [0.3, 0.4) is 0 Å². The van der Waals surface area contributed by atoms with Crippen LogP contribution in [0.15, 0.2) is 53.2 Å². The molecular weight excluding hydrogens is 354 g/mol. The number of fused-ring (bicyclic) bond motifs is 1. The smallest absolute Gasteiger partial charge is 0.246 e. The molecule has 28 heavy (non-hydrogen) atoms. The molecule has 1 amide bonds. The highest BCUT2D eigenvalue weighted by atomic mass is 16.5. The van der Waals surface area contributed by atoms with Gasteiger partial charge >= 0.3 is 0 Å². The number of likely N-dealkylation sites (N-methyl/N-ethyl adjacent to an activating group) is 1. The summed E-state index contributed by atoms with van der Waals surface area (Å²) in [5.74, 6) is 1.44. The minimum absolute atomic E-state index is 0.0670. The standard InChI is InChI=1S/C23H25NO4/c1-6-27-21-13-22-19(12-18(21)15(2)11-23(25)24(3)4)20(14-28-22)16-7-9-17(26-5)10-8-16/h7-14H,6H2,1-5H3/b15-11+. The molecule has 0 unspecified atom stereocenters. The van der Waals surface area contributed by atoms with Crippen molar-refractivity contribution in [3.05, 3.63) is 54.3 Å². The fourth-order valence-corrected chi connectivity index (χ4v) is 3.02. The van der Waals surface area contributed by atoms with Crippen LogP contribution in [0.2, 0.25) is 0 Å². The Labute approximate surface area is 165 Å². The fourth-order valence-electron chi connectivity index (χ4n) is 3.02. The summed E-state index contributed by atoms with van der Waals surface area (Å²) >= 11 is 0. The predicted octanol–water partition coefficient (Wildman–Crippen LogP) is 5.00. The van der Waals surface area contributed by atoms with Gasteiger partial charge in [0.2, 0.25) is 5.91 Å². The molecule has 3 aromatic rings. The molecule has 0 aliphatic rings. The van der Waals surface area contributed by atoms with Crippen molar-refractivity contribution in [3.63, 3.8) is 0 Å². The minimum atomic E-state index is -0.0670. The van der Waals surface area contributed by atoms with Crippen molar-refractivity contribution < 1.29 is 18.7 Å². The molecule has 0 saturated heterocycles. The van der Waals surface area contributed by atoms with Crippen molar-refractivity contribution in [2.24, 2.45) is 0 Å². The Hall–Kier alpha value is -3.21. The Morgan fingerprint density at radius 1 is 1.18 bits per heavy atom. The summed E-state index contributed by atoms with van der Waals surface area (Å²) in [5, 5.41) is 0.966. The van der Waals surface area contributed by atoms with Crippen LogP contribution in [0, 0.1) is 0 Å². The second kappa shape index (κ2) is 8.21. The lowest BCUT2D eigenvalue weighted by Crippen LogP contribution is -2.19. The Morgan fingerprint density at radius 3 is 2.50 bits per heavy atom. The van der Waals surface area contributed by atoms with Gasteiger partial charge in [-0.3, -0.25) is 4.79 Å². The fraction of sp³-hybridized carbons (Fsp3) is 0.261. The number of hydrogen-bond acceptors (Lipinski definition) is 4. The number of carbonyl (C=O) groups is 1. The highest BCUT2D eigenvalue weighted by Gasteiger charge is 2.15. The lowest BCUT2D eigenvalue weighted by molar-refractivity contribution is -0.123. The quantitative estimate of drug-likeness (QED) is 0.566. The van der Waals surface area contributed by atoms with Gasteiger partial charge in [0.05, 0.1) is 20.0 Å². The number of amides is 1. The number of nitrogens with zero attached hydrogens (tertiary/aromatic N) is 1. The second-order valence-electron chi connectivity index (χ2n) is 6.72. The number of hydrogen-bond donors (Lipinski definition) is 0. The minimum Gasteiger partial charge on any atom is -0.497 e. The van der Waals surface area contributed by atoms with Crippen LogP contribution >= 0.6 is 0 Å². The van der Waals surface area contributed by atoms with E-state index >= 15 is 0 Å². The predicted molar refractivity (Wildman–Crippen MR) is 112 cm³/mol. The van der Waals surface area contributed by atoms with Crippen LogP contribution in [0.4, 0.5) is 0 Å². The number of methoxy groups -OCH3 is 1. The van der Waals surface area contributed by atoms with E-state index in [9.17, 15) is 4.79 Å². The molecule has 0 spiro atoms. The molecule has 2 aromatic carbocycles. The lowest BCUT2D eigenvalue weighted by atomic mass is 9.99. The molecule has 0 bridgehead atoms. The summed E-state index contributed by atoms with van der Waals surface area (Å²) in [6, 6.07) is 11.8. The maximum atomic E-state index is 12.1. The Kier molecular flexibility index (Phi) is 5.73. The molecule has 1 aromatic heterocycles. The topological polar surface area (TPSA) is 51.9 Å². The number of carbonyl (C=O) groups excluding carboxylic acids is 1. The van der Waals surface area contributed by atoms with E-state index in [0.717, 1.165) is 39.0 Å². The highest BCUT2D eigenvalue weighted by Crippen LogP contribution is 2.37. The zero-order chi connectivity index (χ0) is 20.3. The molecule has 5 nitrogen and oxygen atoms in total. The largest absolute Gasteiger partial charge is 0.497 e. The summed E-state index contributed by atoms with van der Waals surface area (Å²) < 4.78 is 16.8. The van der Waals surface area contributed by atoms with E-state index in [1.165, 1.54) is 0 Å². The summed E-state index contributed by atoms with van der Waals surface area (Å²) in [5.41, 5.74) is 4.46. The first-order valence-electron chi connectivity index (χ1n) is 9.17. The van der Waals surface area contributed by atoms with Crippen molar-refractivity contribution >= 4 is 22.4 Å². The first-order valence-corrected chi connectivity index (χ1v) is 9.17. The van der Waals surface area contributed by atoms with Gasteiger partial charge in [0.15, 0.2) is 0 Å². The summed E-state index contributed by atoms with van der Waals surface area (Å²) in [4.78, 5) is 13.7. The van der Waals surface area contributed by atoms with Gasteiger partial charge in [-0.05, 0) is 43.2 Å². The molecule has 0 N–H and O–H groups in total. The number of furan rings is 1. The van der Waals surface area contributed by atoms with E-state index in [-0.39, 0.29) is 5.91 Å². The Balaban J connectivity index is 2.14. The zero-order valence-corrected chi connectivity index (χ0v) is 16.9. The van der Waals surface area contributed by atoms with Crippen molar-refractivity contribution in [1.82, 2.24) is 4.90 Å². The van der Waals surface area contributed by atoms with Crippen molar-refractivity contribution in [2.45, 2.75) is 13.8 Å².